The lowest BCUT2D eigenvalue weighted by Crippen LogP contribution is -2.42. The van der Waals surface area contributed by atoms with Crippen LogP contribution in [0, 0.1) is 0 Å². The van der Waals surface area contributed by atoms with Crippen LogP contribution in [0.25, 0.3) is 12.2 Å². The van der Waals surface area contributed by atoms with Crippen molar-refractivity contribution < 1.29 is 9.21 Å². The first kappa shape index (κ1) is 18.2. The maximum Gasteiger partial charge on any atom is 0.287 e. The first-order valence-electron chi connectivity index (χ1n) is 9.41. The molecule has 1 fully saturated rings. The van der Waals surface area contributed by atoms with Crippen LogP contribution >= 0.6 is 0 Å². The Kier molecular flexibility index (Phi) is 5.77. The Morgan fingerprint density at radius 2 is 1.96 bits per heavy atom. The normalized spacial score (nSPS) is 16.5. The van der Waals surface area contributed by atoms with Crippen LogP contribution in [0.4, 0.5) is 0 Å². The summed E-state index contributed by atoms with van der Waals surface area (Å²) in [6.07, 6.45) is 11.4. The second-order valence-corrected chi connectivity index (χ2v) is 7.02. The van der Waals surface area contributed by atoms with Gasteiger partial charge in [0.05, 0.1) is 0 Å². The summed E-state index contributed by atoms with van der Waals surface area (Å²) in [5.74, 6) is 0.806. The fourth-order valence-corrected chi connectivity index (χ4v) is 3.92. The maximum atomic E-state index is 12.7. The van der Waals surface area contributed by atoms with E-state index in [9.17, 15) is 4.79 Å². The lowest BCUT2D eigenvalue weighted by Gasteiger charge is -2.38. The summed E-state index contributed by atoms with van der Waals surface area (Å²) in [6.45, 7) is 6.33. The van der Waals surface area contributed by atoms with E-state index < -0.39 is 0 Å². The molecule has 0 saturated heterocycles. The molecule has 1 aromatic heterocycles. The molecular weight excluding hydrogens is 322 g/mol. The zero-order valence-corrected chi connectivity index (χ0v) is 15.5. The standard InChI is InChI=1S/C23H27NO2/c1-3-11-18-16-21(26-20(18)4-2)22(25)24-17-23(14-9-6-10-15-23)19-12-7-5-8-13-19/h3-5,7-8,11-13,16H,2,6,9-10,14-15,17H2,1H3,(H,24,25)/b11-3-. The van der Waals surface area contributed by atoms with Crippen molar-refractivity contribution in [3.05, 3.63) is 71.7 Å². The van der Waals surface area contributed by atoms with Gasteiger partial charge in [0.25, 0.3) is 5.91 Å². The van der Waals surface area contributed by atoms with Crippen LogP contribution in [0.2, 0.25) is 0 Å². The third-order valence-electron chi connectivity index (χ3n) is 5.33. The Labute approximate surface area is 155 Å². The monoisotopic (exact) mass is 349 g/mol. The minimum Gasteiger partial charge on any atom is -0.451 e. The van der Waals surface area contributed by atoms with E-state index >= 15 is 0 Å². The molecule has 3 nitrogen and oxygen atoms in total. The van der Waals surface area contributed by atoms with E-state index in [1.807, 2.05) is 25.1 Å². The molecule has 1 N–H and O–H groups in total. The topological polar surface area (TPSA) is 42.2 Å². The number of rotatable bonds is 6. The van der Waals surface area contributed by atoms with Crippen molar-refractivity contribution in [1.29, 1.82) is 0 Å². The van der Waals surface area contributed by atoms with E-state index in [1.165, 1.54) is 24.8 Å². The molecule has 26 heavy (non-hydrogen) atoms. The SMILES string of the molecule is C=Cc1oc(C(=O)NCC2(c3ccccc3)CCCCC2)cc1/C=C\C. The fraction of sp³-hybridized carbons (Fsp3) is 0.348. The quantitative estimate of drug-likeness (QED) is 0.739. The summed E-state index contributed by atoms with van der Waals surface area (Å²) in [7, 11) is 0. The summed E-state index contributed by atoms with van der Waals surface area (Å²) < 4.78 is 5.68. The summed E-state index contributed by atoms with van der Waals surface area (Å²) in [5.41, 5.74) is 2.22. The van der Waals surface area contributed by atoms with E-state index in [-0.39, 0.29) is 11.3 Å². The molecule has 0 unspecified atom stereocenters. The van der Waals surface area contributed by atoms with Gasteiger partial charge in [-0.1, -0.05) is 68.3 Å². The number of amides is 1. The van der Waals surface area contributed by atoms with Crippen molar-refractivity contribution in [2.24, 2.45) is 0 Å². The molecule has 0 spiro atoms. The molecule has 2 aromatic rings. The second-order valence-electron chi connectivity index (χ2n) is 7.02. The zero-order chi connectivity index (χ0) is 18.4. The van der Waals surface area contributed by atoms with Gasteiger partial charge in [0, 0.05) is 17.5 Å². The third kappa shape index (κ3) is 3.82. The van der Waals surface area contributed by atoms with Crippen molar-refractivity contribution in [3.8, 4) is 0 Å². The summed E-state index contributed by atoms with van der Waals surface area (Å²) in [5, 5.41) is 3.12. The number of furan rings is 1. The lowest BCUT2D eigenvalue weighted by atomic mass is 9.69. The number of carbonyl (C=O) groups excluding carboxylic acids is 1. The Balaban J connectivity index is 1.77. The fourth-order valence-electron chi connectivity index (χ4n) is 3.92. The molecular formula is C23H27NO2. The first-order valence-corrected chi connectivity index (χ1v) is 9.41. The maximum absolute atomic E-state index is 12.7. The minimum atomic E-state index is -0.162. The molecule has 1 saturated carbocycles. The number of allylic oxidation sites excluding steroid dienone is 1. The van der Waals surface area contributed by atoms with Gasteiger partial charge in [-0.15, -0.1) is 0 Å². The average molecular weight is 349 g/mol. The number of carbonyl (C=O) groups is 1. The van der Waals surface area contributed by atoms with Gasteiger partial charge in [0.2, 0.25) is 0 Å². The number of hydrogen-bond donors (Lipinski definition) is 1. The van der Waals surface area contributed by atoms with Gasteiger partial charge in [-0.05, 0) is 37.5 Å². The van der Waals surface area contributed by atoms with Gasteiger partial charge in [-0.25, -0.2) is 0 Å². The van der Waals surface area contributed by atoms with Crippen molar-refractivity contribution in [1.82, 2.24) is 5.32 Å². The van der Waals surface area contributed by atoms with E-state index in [1.54, 1.807) is 12.1 Å². The van der Waals surface area contributed by atoms with Gasteiger partial charge in [-0.3, -0.25) is 4.79 Å². The van der Waals surface area contributed by atoms with Crippen LogP contribution in [-0.2, 0) is 5.41 Å². The molecule has 0 atom stereocenters. The average Bonchev–Trinajstić information content (AvgIpc) is 3.11. The smallest absolute Gasteiger partial charge is 0.287 e. The predicted octanol–water partition coefficient (Wildman–Crippen LogP) is 5.59. The van der Waals surface area contributed by atoms with Crippen LogP contribution < -0.4 is 5.32 Å². The van der Waals surface area contributed by atoms with Crippen LogP contribution in [-0.4, -0.2) is 12.5 Å². The van der Waals surface area contributed by atoms with Crippen LogP contribution in [0.15, 0.2) is 53.5 Å². The first-order chi connectivity index (χ1) is 12.7. The highest BCUT2D eigenvalue weighted by Crippen LogP contribution is 2.39. The molecule has 0 bridgehead atoms. The van der Waals surface area contributed by atoms with Gasteiger partial charge in [-0.2, -0.15) is 0 Å². The Hall–Kier alpha value is -2.55. The number of benzene rings is 1. The molecule has 1 aliphatic rings. The van der Waals surface area contributed by atoms with E-state index in [0.29, 0.717) is 18.1 Å². The van der Waals surface area contributed by atoms with E-state index in [4.69, 9.17) is 4.42 Å². The van der Waals surface area contributed by atoms with E-state index in [2.05, 4.69) is 36.2 Å². The van der Waals surface area contributed by atoms with Crippen LogP contribution in [0.1, 0.15) is 66.5 Å². The highest BCUT2D eigenvalue weighted by molar-refractivity contribution is 5.92. The predicted molar refractivity (Wildman–Crippen MR) is 107 cm³/mol. The van der Waals surface area contributed by atoms with Gasteiger partial charge < -0.3 is 9.73 Å². The minimum absolute atomic E-state index is 0.0230. The van der Waals surface area contributed by atoms with Gasteiger partial charge in [0.15, 0.2) is 5.76 Å². The summed E-state index contributed by atoms with van der Waals surface area (Å²) >= 11 is 0. The number of nitrogens with one attached hydrogen (secondary N) is 1. The molecule has 3 heteroatoms. The molecule has 3 rings (SSSR count). The van der Waals surface area contributed by atoms with Crippen molar-refractivity contribution in [3.63, 3.8) is 0 Å². The van der Waals surface area contributed by atoms with Crippen molar-refractivity contribution in [2.45, 2.75) is 44.4 Å². The molecule has 1 amide bonds. The molecule has 136 valence electrons. The summed E-state index contributed by atoms with van der Waals surface area (Å²) in [4.78, 5) is 12.7. The molecule has 1 aromatic carbocycles. The third-order valence-corrected chi connectivity index (χ3v) is 5.33. The zero-order valence-electron chi connectivity index (χ0n) is 15.5. The summed E-state index contributed by atoms with van der Waals surface area (Å²) in [6, 6.07) is 12.4. The molecule has 0 radical (unpaired) electrons. The van der Waals surface area contributed by atoms with Gasteiger partial charge in [0.1, 0.15) is 5.76 Å². The molecule has 0 aliphatic heterocycles. The second kappa shape index (κ2) is 8.22. The Bertz CT molecular complexity index is 780. The lowest BCUT2D eigenvalue weighted by molar-refractivity contribution is 0.0908. The Morgan fingerprint density at radius 1 is 1.23 bits per heavy atom. The van der Waals surface area contributed by atoms with Crippen LogP contribution in [0.5, 0.6) is 0 Å². The van der Waals surface area contributed by atoms with Crippen LogP contribution in [0.3, 0.4) is 0 Å². The highest BCUT2D eigenvalue weighted by Gasteiger charge is 2.34. The number of hydrogen-bond acceptors (Lipinski definition) is 2. The highest BCUT2D eigenvalue weighted by atomic mass is 16.3. The molecule has 1 aliphatic carbocycles. The van der Waals surface area contributed by atoms with Gasteiger partial charge >= 0.3 is 0 Å². The van der Waals surface area contributed by atoms with E-state index in [0.717, 1.165) is 18.4 Å². The van der Waals surface area contributed by atoms with Crippen molar-refractivity contribution >= 4 is 18.1 Å². The largest absolute Gasteiger partial charge is 0.451 e. The molecule has 1 heterocycles. The van der Waals surface area contributed by atoms with Crippen molar-refractivity contribution in [2.75, 3.05) is 6.54 Å². The Morgan fingerprint density at radius 3 is 2.62 bits per heavy atom.